The van der Waals surface area contributed by atoms with E-state index in [2.05, 4.69) is 10.3 Å². The van der Waals surface area contributed by atoms with Crippen LogP contribution in [0.2, 0.25) is 0 Å². The monoisotopic (exact) mass is 272 g/mol. The molecule has 0 spiro atoms. The fourth-order valence-corrected chi connectivity index (χ4v) is 1.97. The summed E-state index contributed by atoms with van der Waals surface area (Å²) < 4.78 is 11.0. The van der Waals surface area contributed by atoms with Crippen molar-refractivity contribution in [1.82, 2.24) is 4.98 Å². The van der Waals surface area contributed by atoms with Crippen molar-refractivity contribution in [1.29, 1.82) is 0 Å². The van der Waals surface area contributed by atoms with E-state index in [1.165, 1.54) is 0 Å². The molecular formula is C16H20N2O2. The minimum absolute atomic E-state index is 0.620. The van der Waals surface area contributed by atoms with E-state index in [1.807, 2.05) is 50.4 Å². The van der Waals surface area contributed by atoms with E-state index in [0.717, 1.165) is 28.4 Å². The van der Waals surface area contributed by atoms with Crippen molar-refractivity contribution in [3.05, 3.63) is 47.8 Å². The molecule has 106 valence electrons. The van der Waals surface area contributed by atoms with Crippen LogP contribution < -0.4 is 14.8 Å². The van der Waals surface area contributed by atoms with E-state index < -0.39 is 0 Å². The van der Waals surface area contributed by atoms with Crippen LogP contribution in [-0.2, 0) is 6.54 Å². The molecule has 0 bridgehead atoms. The molecule has 0 radical (unpaired) electrons. The lowest BCUT2D eigenvalue weighted by Crippen LogP contribution is -2.04. The maximum Gasteiger partial charge on any atom is 0.165 e. The third kappa shape index (κ3) is 3.41. The Hall–Kier alpha value is -2.23. The van der Waals surface area contributed by atoms with Gasteiger partial charge in [-0.3, -0.25) is 4.98 Å². The molecule has 0 aliphatic rings. The predicted molar refractivity (Wildman–Crippen MR) is 80.5 cm³/mol. The van der Waals surface area contributed by atoms with E-state index >= 15 is 0 Å². The van der Waals surface area contributed by atoms with Gasteiger partial charge in [-0.1, -0.05) is 12.1 Å². The van der Waals surface area contributed by atoms with Crippen molar-refractivity contribution in [2.24, 2.45) is 0 Å². The van der Waals surface area contributed by atoms with Crippen LogP contribution in [-0.4, -0.2) is 18.7 Å². The number of anilines is 1. The highest BCUT2D eigenvalue weighted by Crippen LogP contribution is 2.31. The number of methoxy groups -OCH3 is 1. The van der Waals surface area contributed by atoms with Gasteiger partial charge in [0.15, 0.2) is 11.5 Å². The number of pyridine rings is 1. The summed E-state index contributed by atoms with van der Waals surface area (Å²) in [4.78, 5) is 4.26. The maximum absolute atomic E-state index is 5.57. The number of rotatable bonds is 6. The first-order chi connectivity index (χ1) is 9.74. The average Bonchev–Trinajstić information content (AvgIpc) is 2.47. The van der Waals surface area contributed by atoms with Crippen molar-refractivity contribution in [2.75, 3.05) is 19.0 Å². The average molecular weight is 272 g/mol. The van der Waals surface area contributed by atoms with Gasteiger partial charge in [-0.15, -0.1) is 0 Å². The second-order valence-corrected chi connectivity index (χ2v) is 4.42. The van der Waals surface area contributed by atoms with E-state index in [1.54, 1.807) is 7.11 Å². The molecule has 0 aliphatic heterocycles. The molecule has 0 amide bonds. The Morgan fingerprint density at radius 2 is 2.05 bits per heavy atom. The molecule has 0 unspecified atom stereocenters. The second-order valence-electron chi connectivity index (χ2n) is 4.42. The molecule has 1 heterocycles. The molecule has 4 heteroatoms. The number of benzene rings is 1. The molecule has 1 aromatic carbocycles. The van der Waals surface area contributed by atoms with E-state index in [0.29, 0.717) is 13.2 Å². The molecule has 1 N–H and O–H groups in total. The van der Waals surface area contributed by atoms with Gasteiger partial charge < -0.3 is 14.8 Å². The minimum Gasteiger partial charge on any atom is -0.493 e. The standard InChI is InChI=1S/C16H20N2O2/c1-4-20-15-7-5-6-13(16(15)19-3)10-18-14-9-8-12(2)17-11-14/h5-9,11,18H,4,10H2,1-3H3. The molecule has 0 saturated carbocycles. The molecule has 2 rings (SSSR count). The van der Waals surface area contributed by atoms with Gasteiger partial charge in [0.1, 0.15) is 0 Å². The van der Waals surface area contributed by atoms with E-state index in [9.17, 15) is 0 Å². The van der Waals surface area contributed by atoms with Gasteiger partial charge in [-0.2, -0.15) is 0 Å². The van der Waals surface area contributed by atoms with Crippen LogP contribution in [0.25, 0.3) is 0 Å². The number of para-hydroxylation sites is 1. The normalized spacial score (nSPS) is 10.2. The number of hydrogen-bond acceptors (Lipinski definition) is 4. The molecule has 0 saturated heterocycles. The van der Waals surface area contributed by atoms with Crippen molar-refractivity contribution in [2.45, 2.75) is 20.4 Å². The first kappa shape index (κ1) is 14.2. The van der Waals surface area contributed by atoms with E-state index in [4.69, 9.17) is 9.47 Å². The lowest BCUT2D eigenvalue weighted by molar-refractivity contribution is 0.309. The van der Waals surface area contributed by atoms with Crippen LogP contribution >= 0.6 is 0 Å². The van der Waals surface area contributed by atoms with Crippen molar-refractivity contribution in [3.63, 3.8) is 0 Å². The Balaban J connectivity index is 2.12. The van der Waals surface area contributed by atoms with Crippen LogP contribution in [0, 0.1) is 6.92 Å². The predicted octanol–water partition coefficient (Wildman–Crippen LogP) is 3.41. The van der Waals surface area contributed by atoms with Crippen molar-refractivity contribution < 1.29 is 9.47 Å². The zero-order chi connectivity index (χ0) is 14.4. The summed E-state index contributed by atoms with van der Waals surface area (Å²) in [5.74, 6) is 1.55. The Morgan fingerprint density at radius 3 is 2.70 bits per heavy atom. The summed E-state index contributed by atoms with van der Waals surface area (Å²) in [7, 11) is 1.66. The minimum atomic E-state index is 0.620. The maximum atomic E-state index is 5.57. The van der Waals surface area contributed by atoms with Gasteiger partial charge in [-0.25, -0.2) is 0 Å². The summed E-state index contributed by atoms with van der Waals surface area (Å²) in [6, 6.07) is 9.91. The summed E-state index contributed by atoms with van der Waals surface area (Å²) >= 11 is 0. The molecule has 0 aliphatic carbocycles. The van der Waals surface area contributed by atoms with Crippen LogP contribution in [0.3, 0.4) is 0 Å². The molecule has 2 aromatic rings. The summed E-state index contributed by atoms with van der Waals surface area (Å²) in [6.07, 6.45) is 1.83. The fraction of sp³-hybridized carbons (Fsp3) is 0.312. The van der Waals surface area contributed by atoms with Gasteiger partial charge in [0.2, 0.25) is 0 Å². The zero-order valence-corrected chi connectivity index (χ0v) is 12.1. The Bertz CT molecular complexity index is 553. The van der Waals surface area contributed by atoms with Crippen LogP contribution in [0.15, 0.2) is 36.5 Å². The summed E-state index contributed by atoms with van der Waals surface area (Å²) in [5, 5.41) is 3.33. The lowest BCUT2D eigenvalue weighted by atomic mass is 10.2. The largest absolute Gasteiger partial charge is 0.493 e. The Labute approximate surface area is 119 Å². The third-order valence-electron chi connectivity index (χ3n) is 2.96. The molecule has 1 aromatic heterocycles. The Kier molecular flexibility index (Phi) is 4.82. The topological polar surface area (TPSA) is 43.4 Å². The molecular weight excluding hydrogens is 252 g/mol. The Morgan fingerprint density at radius 1 is 1.20 bits per heavy atom. The number of ether oxygens (including phenoxy) is 2. The molecule has 4 nitrogen and oxygen atoms in total. The first-order valence-corrected chi connectivity index (χ1v) is 6.69. The van der Waals surface area contributed by atoms with Crippen LogP contribution in [0.1, 0.15) is 18.2 Å². The van der Waals surface area contributed by atoms with Gasteiger partial charge in [0.25, 0.3) is 0 Å². The highest BCUT2D eigenvalue weighted by atomic mass is 16.5. The van der Waals surface area contributed by atoms with Gasteiger partial charge in [0.05, 0.1) is 25.6 Å². The van der Waals surface area contributed by atoms with Gasteiger partial charge >= 0.3 is 0 Å². The molecule has 0 fully saturated rings. The lowest BCUT2D eigenvalue weighted by Gasteiger charge is -2.14. The first-order valence-electron chi connectivity index (χ1n) is 6.69. The van der Waals surface area contributed by atoms with Gasteiger partial charge in [-0.05, 0) is 32.0 Å². The summed E-state index contributed by atoms with van der Waals surface area (Å²) in [5.41, 5.74) is 3.05. The number of nitrogens with zero attached hydrogens (tertiary/aromatic N) is 1. The number of hydrogen-bond donors (Lipinski definition) is 1. The van der Waals surface area contributed by atoms with Crippen molar-refractivity contribution in [3.8, 4) is 11.5 Å². The highest BCUT2D eigenvalue weighted by Gasteiger charge is 2.09. The van der Waals surface area contributed by atoms with E-state index in [-0.39, 0.29) is 0 Å². The smallest absolute Gasteiger partial charge is 0.165 e. The molecule has 0 atom stereocenters. The van der Waals surface area contributed by atoms with Crippen LogP contribution in [0.4, 0.5) is 5.69 Å². The highest BCUT2D eigenvalue weighted by molar-refractivity contribution is 5.49. The SMILES string of the molecule is CCOc1cccc(CNc2ccc(C)nc2)c1OC. The van der Waals surface area contributed by atoms with Crippen molar-refractivity contribution >= 4 is 5.69 Å². The third-order valence-corrected chi connectivity index (χ3v) is 2.96. The number of aromatic nitrogens is 1. The number of nitrogens with one attached hydrogen (secondary N) is 1. The quantitative estimate of drug-likeness (QED) is 0.875. The second kappa shape index (κ2) is 6.80. The van der Waals surface area contributed by atoms with Gasteiger partial charge in [0, 0.05) is 17.8 Å². The number of aryl methyl sites for hydroxylation is 1. The zero-order valence-electron chi connectivity index (χ0n) is 12.1. The van der Waals surface area contributed by atoms with Crippen LogP contribution in [0.5, 0.6) is 11.5 Å². The summed E-state index contributed by atoms with van der Waals surface area (Å²) in [6.45, 7) is 5.21. The molecule has 20 heavy (non-hydrogen) atoms. The fourth-order valence-electron chi connectivity index (χ4n) is 1.97.